The molecule has 2 aromatic carbocycles. The van der Waals surface area contributed by atoms with Crippen LogP contribution in [0.4, 0.5) is 0 Å². The van der Waals surface area contributed by atoms with E-state index in [4.69, 9.17) is 0 Å². The van der Waals surface area contributed by atoms with Gasteiger partial charge in [-0.1, -0.05) is 28.1 Å². The highest BCUT2D eigenvalue weighted by Crippen LogP contribution is 2.21. The molecule has 0 heterocycles. The van der Waals surface area contributed by atoms with Crippen LogP contribution >= 0.6 is 15.9 Å². The van der Waals surface area contributed by atoms with Gasteiger partial charge in [0.25, 0.3) is 5.91 Å². The highest BCUT2D eigenvalue weighted by atomic mass is 79.9. The van der Waals surface area contributed by atoms with Crippen molar-refractivity contribution in [2.45, 2.75) is 18.9 Å². The molecule has 3 rings (SSSR count). The molecule has 2 N–H and O–H groups in total. The number of benzene rings is 2. The largest absolute Gasteiger partial charge is 0.351 e. The molecule has 0 aromatic heterocycles. The molecule has 1 aliphatic rings. The highest BCUT2D eigenvalue weighted by molar-refractivity contribution is 9.10. The minimum absolute atomic E-state index is 0.00702. The second kappa shape index (κ2) is 5.94. The molecule has 0 bridgehead atoms. The van der Waals surface area contributed by atoms with Gasteiger partial charge in [0.15, 0.2) is 0 Å². The summed E-state index contributed by atoms with van der Waals surface area (Å²) in [5.74, 6) is -0.00702. The second-order valence-electron chi connectivity index (χ2n) is 5.19. The summed E-state index contributed by atoms with van der Waals surface area (Å²) in [4.78, 5) is 12.1. The van der Waals surface area contributed by atoms with E-state index in [0.717, 1.165) is 21.8 Å². The predicted molar refractivity (Wildman–Crippen MR) is 85.0 cm³/mol. The topological polar surface area (TPSA) is 41.1 Å². The van der Waals surface area contributed by atoms with Crippen LogP contribution in [0.5, 0.6) is 0 Å². The lowest BCUT2D eigenvalue weighted by molar-refractivity contribution is 0.0954. The fraction of sp³-hybridized carbons (Fsp3) is 0.312. The van der Waals surface area contributed by atoms with Crippen LogP contribution in [0.2, 0.25) is 0 Å². The van der Waals surface area contributed by atoms with Crippen LogP contribution in [0.15, 0.2) is 40.9 Å². The maximum Gasteiger partial charge on any atom is 0.251 e. The number of carbonyl (C=O) groups excluding carboxylic acids is 1. The minimum atomic E-state index is -0.00702. The molecule has 4 heteroatoms. The van der Waals surface area contributed by atoms with Crippen molar-refractivity contribution in [3.63, 3.8) is 0 Å². The number of fused-ring (bicyclic) bond motifs is 1. The molecule has 1 saturated carbocycles. The van der Waals surface area contributed by atoms with E-state index >= 15 is 0 Å². The van der Waals surface area contributed by atoms with Gasteiger partial charge in [-0.3, -0.25) is 4.79 Å². The van der Waals surface area contributed by atoms with Crippen LogP contribution in [0.1, 0.15) is 23.2 Å². The number of rotatable bonds is 5. The third-order valence-corrected chi connectivity index (χ3v) is 3.98. The molecule has 0 radical (unpaired) electrons. The van der Waals surface area contributed by atoms with Crippen LogP contribution in [0, 0.1) is 0 Å². The average Bonchev–Trinajstić information content (AvgIpc) is 3.27. The van der Waals surface area contributed by atoms with Gasteiger partial charge in [-0.15, -0.1) is 0 Å². The van der Waals surface area contributed by atoms with Gasteiger partial charge >= 0.3 is 0 Å². The molecule has 1 amide bonds. The number of carbonyl (C=O) groups is 1. The molecule has 2 aromatic rings. The van der Waals surface area contributed by atoms with Gasteiger partial charge in [0.05, 0.1) is 0 Å². The predicted octanol–water partition coefficient (Wildman–Crippen LogP) is 3.08. The van der Waals surface area contributed by atoms with Crippen molar-refractivity contribution in [3.8, 4) is 0 Å². The van der Waals surface area contributed by atoms with Crippen molar-refractivity contribution in [2.75, 3.05) is 13.1 Å². The zero-order valence-electron chi connectivity index (χ0n) is 11.2. The van der Waals surface area contributed by atoms with Crippen molar-refractivity contribution >= 4 is 32.6 Å². The quantitative estimate of drug-likeness (QED) is 0.826. The number of amides is 1. The summed E-state index contributed by atoms with van der Waals surface area (Å²) in [5, 5.41) is 8.54. The van der Waals surface area contributed by atoms with Crippen molar-refractivity contribution in [3.05, 3.63) is 46.4 Å². The zero-order chi connectivity index (χ0) is 13.9. The molecule has 0 unspecified atom stereocenters. The van der Waals surface area contributed by atoms with E-state index in [-0.39, 0.29) is 5.91 Å². The Morgan fingerprint density at radius 2 is 1.85 bits per heavy atom. The molecule has 1 aliphatic carbocycles. The van der Waals surface area contributed by atoms with Gasteiger partial charge in [-0.25, -0.2) is 0 Å². The molecular weight excluding hydrogens is 316 g/mol. The molecule has 1 fully saturated rings. The van der Waals surface area contributed by atoms with Crippen LogP contribution in [0.25, 0.3) is 10.8 Å². The molecule has 20 heavy (non-hydrogen) atoms. The number of nitrogens with one attached hydrogen (secondary N) is 2. The Bertz CT molecular complexity index is 637. The summed E-state index contributed by atoms with van der Waals surface area (Å²) in [5.41, 5.74) is 0.714. The standard InChI is InChI=1S/C16H17BrN2O/c17-14-4-3-11-9-13(2-1-12(11)10-14)16(20)19-8-7-18-15-5-6-15/h1-4,9-10,15,18H,5-8H2,(H,19,20). The molecule has 3 nitrogen and oxygen atoms in total. The van der Waals surface area contributed by atoms with E-state index in [9.17, 15) is 4.79 Å². The van der Waals surface area contributed by atoms with Gasteiger partial charge in [-0.05, 0) is 47.9 Å². The Morgan fingerprint density at radius 3 is 2.65 bits per heavy atom. The second-order valence-corrected chi connectivity index (χ2v) is 6.11. The molecule has 0 saturated heterocycles. The maximum atomic E-state index is 12.1. The number of halogens is 1. The minimum Gasteiger partial charge on any atom is -0.351 e. The van der Waals surface area contributed by atoms with Gasteiger partial charge < -0.3 is 10.6 Å². The lowest BCUT2D eigenvalue weighted by Crippen LogP contribution is -2.32. The van der Waals surface area contributed by atoms with E-state index in [2.05, 4.69) is 32.6 Å². The summed E-state index contributed by atoms with van der Waals surface area (Å²) < 4.78 is 1.05. The van der Waals surface area contributed by atoms with E-state index < -0.39 is 0 Å². The summed E-state index contributed by atoms with van der Waals surface area (Å²) in [7, 11) is 0. The maximum absolute atomic E-state index is 12.1. The van der Waals surface area contributed by atoms with Gasteiger partial charge in [0.2, 0.25) is 0 Å². The lowest BCUT2D eigenvalue weighted by atomic mass is 10.1. The third kappa shape index (κ3) is 3.38. The highest BCUT2D eigenvalue weighted by Gasteiger charge is 2.19. The SMILES string of the molecule is O=C(NCCNC1CC1)c1ccc2cc(Br)ccc2c1. The zero-order valence-corrected chi connectivity index (χ0v) is 12.7. The first-order valence-electron chi connectivity index (χ1n) is 6.93. The van der Waals surface area contributed by atoms with E-state index in [1.807, 2.05) is 30.3 Å². The van der Waals surface area contributed by atoms with Gasteiger partial charge in [0, 0.05) is 29.2 Å². The Kier molecular flexibility index (Phi) is 4.03. The molecule has 104 valence electrons. The summed E-state index contributed by atoms with van der Waals surface area (Å²) in [6, 6.07) is 12.5. The number of hydrogen-bond acceptors (Lipinski definition) is 2. The van der Waals surface area contributed by atoms with Crippen molar-refractivity contribution < 1.29 is 4.79 Å². The Balaban J connectivity index is 1.62. The monoisotopic (exact) mass is 332 g/mol. The molecule has 0 atom stereocenters. The first-order chi connectivity index (χ1) is 9.72. The Hall–Kier alpha value is -1.39. The van der Waals surface area contributed by atoms with Crippen LogP contribution in [-0.4, -0.2) is 25.0 Å². The normalized spacial score (nSPS) is 14.4. The first-order valence-corrected chi connectivity index (χ1v) is 7.72. The van der Waals surface area contributed by atoms with Crippen molar-refractivity contribution in [1.82, 2.24) is 10.6 Å². The third-order valence-electron chi connectivity index (χ3n) is 3.49. The van der Waals surface area contributed by atoms with E-state index in [1.54, 1.807) is 0 Å². The fourth-order valence-corrected chi connectivity index (χ4v) is 2.58. The number of hydrogen-bond donors (Lipinski definition) is 2. The van der Waals surface area contributed by atoms with E-state index in [1.165, 1.54) is 12.8 Å². The molecular formula is C16H17BrN2O. The van der Waals surface area contributed by atoms with Crippen LogP contribution in [0.3, 0.4) is 0 Å². The Labute approximate surface area is 126 Å². The summed E-state index contributed by atoms with van der Waals surface area (Å²) >= 11 is 3.45. The summed E-state index contributed by atoms with van der Waals surface area (Å²) in [6.07, 6.45) is 2.54. The van der Waals surface area contributed by atoms with Gasteiger partial charge in [-0.2, -0.15) is 0 Å². The fourth-order valence-electron chi connectivity index (χ4n) is 2.20. The summed E-state index contributed by atoms with van der Waals surface area (Å²) in [6.45, 7) is 1.52. The van der Waals surface area contributed by atoms with Gasteiger partial charge in [0.1, 0.15) is 0 Å². The van der Waals surface area contributed by atoms with Crippen LogP contribution in [-0.2, 0) is 0 Å². The molecule has 0 aliphatic heterocycles. The molecule has 0 spiro atoms. The first kappa shape index (κ1) is 13.6. The Morgan fingerprint density at radius 1 is 1.10 bits per heavy atom. The lowest BCUT2D eigenvalue weighted by Gasteiger charge is -2.07. The smallest absolute Gasteiger partial charge is 0.251 e. The van der Waals surface area contributed by atoms with Crippen molar-refractivity contribution in [1.29, 1.82) is 0 Å². The van der Waals surface area contributed by atoms with Crippen LogP contribution < -0.4 is 10.6 Å². The van der Waals surface area contributed by atoms with Crippen molar-refractivity contribution in [2.24, 2.45) is 0 Å². The average molecular weight is 333 g/mol. The van der Waals surface area contributed by atoms with E-state index in [0.29, 0.717) is 18.2 Å².